The van der Waals surface area contributed by atoms with Crippen LogP contribution >= 0.6 is 0 Å². The van der Waals surface area contributed by atoms with Crippen molar-refractivity contribution >= 4 is 17.5 Å². The summed E-state index contributed by atoms with van der Waals surface area (Å²) in [5.74, 6) is -0.187. The Labute approximate surface area is 169 Å². The number of carbonyl (C=O) groups excluding carboxylic acids is 3. The molecule has 158 valence electrons. The lowest BCUT2D eigenvalue weighted by Gasteiger charge is -2.35. The van der Waals surface area contributed by atoms with E-state index in [1.165, 1.54) is 0 Å². The van der Waals surface area contributed by atoms with Gasteiger partial charge >= 0.3 is 0 Å². The first-order valence-corrected chi connectivity index (χ1v) is 10.1. The molecule has 1 N–H and O–H groups in total. The third-order valence-corrected chi connectivity index (χ3v) is 6.72. The van der Waals surface area contributed by atoms with Crippen molar-refractivity contribution < 1.29 is 19.1 Å². The van der Waals surface area contributed by atoms with Crippen LogP contribution in [-0.2, 0) is 19.1 Å². The van der Waals surface area contributed by atoms with Gasteiger partial charge in [-0.2, -0.15) is 0 Å². The number of hydrogen-bond acceptors (Lipinski definition) is 5. The van der Waals surface area contributed by atoms with Gasteiger partial charge in [-0.1, -0.05) is 33.8 Å². The number of rotatable bonds is 8. The van der Waals surface area contributed by atoms with Crippen LogP contribution in [0.2, 0.25) is 0 Å². The Balaban J connectivity index is 2.30. The second kappa shape index (κ2) is 8.07. The van der Waals surface area contributed by atoms with Crippen LogP contribution < -0.4 is 5.32 Å². The molecule has 6 nitrogen and oxygen atoms in total. The molecule has 2 rings (SSSR count). The SMILES string of the molecule is C=C[C@@H]1C[C@]1(CC(=O)[C@@H]1[C@H](C)[C@@H](OC)CN1C(=O)[C@@H](NC)C(C)(C)C)C(C)=O. The second-order valence-corrected chi connectivity index (χ2v) is 9.56. The van der Waals surface area contributed by atoms with Crippen molar-refractivity contribution in [2.75, 3.05) is 20.7 Å². The molecule has 2 fully saturated rings. The van der Waals surface area contributed by atoms with Gasteiger partial charge in [-0.05, 0) is 31.7 Å². The van der Waals surface area contributed by atoms with E-state index in [2.05, 4.69) is 11.9 Å². The van der Waals surface area contributed by atoms with Gasteiger partial charge in [-0.15, -0.1) is 6.58 Å². The van der Waals surface area contributed by atoms with Crippen molar-refractivity contribution in [1.82, 2.24) is 10.2 Å². The molecular weight excluding hydrogens is 356 g/mol. The fourth-order valence-corrected chi connectivity index (χ4v) is 4.83. The maximum atomic E-state index is 13.4. The average molecular weight is 393 g/mol. The first-order valence-electron chi connectivity index (χ1n) is 10.1. The molecule has 1 saturated carbocycles. The minimum absolute atomic E-state index is 0.0281. The number of carbonyl (C=O) groups is 3. The van der Waals surface area contributed by atoms with E-state index in [0.717, 1.165) is 0 Å². The molecule has 6 atom stereocenters. The quantitative estimate of drug-likeness (QED) is 0.641. The monoisotopic (exact) mass is 392 g/mol. The highest BCUT2D eigenvalue weighted by molar-refractivity contribution is 5.97. The molecule has 6 heteroatoms. The van der Waals surface area contributed by atoms with Gasteiger partial charge in [-0.25, -0.2) is 0 Å². The van der Waals surface area contributed by atoms with E-state index >= 15 is 0 Å². The zero-order valence-corrected chi connectivity index (χ0v) is 18.4. The normalized spacial score (nSPS) is 33.5. The number of amides is 1. The summed E-state index contributed by atoms with van der Waals surface area (Å²) in [6.45, 7) is 13.7. The number of likely N-dealkylation sites (N-methyl/N-ethyl adjacent to an activating group) is 1. The lowest BCUT2D eigenvalue weighted by Crippen LogP contribution is -2.55. The predicted molar refractivity (Wildman–Crippen MR) is 109 cm³/mol. The van der Waals surface area contributed by atoms with Crippen LogP contribution in [0.15, 0.2) is 12.7 Å². The van der Waals surface area contributed by atoms with Gasteiger partial charge in [-0.3, -0.25) is 14.4 Å². The van der Waals surface area contributed by atoms with Gasteiger partial charge in [0.15, 0.2) is 5.78 Å². The fourth-order valence-electron chi connectivity index (χ4n) is 4.83. The fraction of sp³-hybridized carbons (Fsp3) is 0.773. The summed E-state index contributed by atoms with van der Waals surface area (Å²) in [6, 6.07) is -0.979. The van der Waals surface area contributed by atoms with Crippen molar-refractivity contribution in [3.05, 3.63) is 12.7 Å². The van der Waals surface area contributed by atoms with E-state index in [4.69, 9.17) is 4.74 Å². The Kier molecular flexibility index (Phi) is 6.56. The molecule has 1 saturated heterocycles. The maximum absolute atomic E-state index is 13.4. The molecule has 0 aromatic carbocycles. The lowest BCUT2D eigenvalue weighted by molar-refractivity contribution is -0.142. The van der Waals surface area contributed by atoms with Crippen LogP contribution in [0.25, 0.3) is 0 Å². The highest BCUT2D eigenvalue weighted by Crippen LogP contribution is 2.57. The molecule has 1 aliphatic carbocycles. The molecule has 0 aromatic rings. The molecule has 0 radical (unpaired) electrons. The van der Waals surface area contributed by atoms with E-state index in [9.17, 15) is 14.4 Å². The van der Waals surface area contributed by atoms with Gasteiger partial charge in [0.1, 0.15) is 5.78 Å². The van der Waals surface area contributed by atoms with Crippen molar-refractivity contribution in [3.8, 4) is 0 Å². The first-order chi connectivity index (χ1) is 12.9. The summed E-state index contributed by atoms with van der Waals surface area (Å²) in [6.07, 6.45) is 2.40. The number of ketones is 2. The Morgan fingerprint density at radius 2 is 1.96 bits per heavy atom. The van der Waals surface area contributed by atoms with Gasteiger partial charge < -0.3 is 15.0 Å². The number of nitrogens with zero attached hydrogens (tertiary/aromatic N) is 1. The summed E-state index contributed by atoms with van der Waals surface area (Å²) < 4.78 is 5.57. The molecule has 28 heavy (non-hydrogen) atoms. The first kappa shape index (κ1) is 22.8. The van der Waals surface area contributed by atoms with E-state index < -0.39 is 17.5 Å². The molecule has 1 amide bonds. The van der Waals surface area contributed by atoms with Crippen LogP contribution in [0.1, 0.15) is 47.5 Å². The topological polar surface area (TPSA) is 75.7 Å². The number of nitrogens with one attached hydrogen (secondary N) is 1. The third-order valence-electron chi connectivity index (χ3n) is 6.72. The number of Topliss-reactive ketones (excluding diaryl/α,β-unsaturated/α-hetero) is 2. The number of likely N-dealkylation sites (tertiary alicyclic amines) is 1. The second-order valence-electron chi connectivity index (χ2n) is 9.56. The molecule has 0 bridgehead atoms. The van der Waals surface area contributed by atoms with Crippen molar-refractivity contribution in [3.63, 3.8) is 0 Å². The molecule has 1 heterocycles. The largest absolute Gasteiger partial charge is 0.379 e. The number of ether oxygens (including phenoxy) is 1. The lowest BCUT2D eigenvalue weighted by atomic mass is 9.84. The van der Waals surface area contributed by atoms with E-state index in [0.29, 0.717) is 13.0 Å². The van der Waals surface area contributed by atoms with Gasteiger partial charge in [0, 0.05) is 31.4 Å². The van der Waals surface area contributed by atoms with Crippen LogP contribution in [-0.4, -0.2) is 61.3 Å². The Bertz CT molecular complexity index is 653. The Morgan fingerprint density at radius 3 is 2.36 bits per heavy atom. The van der Waals surface area contributed by atoms with Gasteiger partial charge in [0.25, 0.3) is 0 Å². The summed E-state index contributed by atoms with van der Waals surface area (Å²) in [5, 5.41) is 3.11. The minimum Gasteiger partial charge on any atom is -0.379 e. The Hall–Kier alpha value is -1.53. The maximum Gasteiger partial charge on any atom is 0.240 e. The van der Waals surface area contributed by atoms with Crippen LogP contribution in [0.4, 0.5) is 0 Å². The van der Waals surface area contributed by atoms with E-state index in [-0.39, 0.29) is 47.2 Å². The third kappa shape index (κ3) is 3.94. The smallest absolute Gasteiger partial charge is 0.240 e. The van der Waals surface area contributed by atoms with Crippen LogP contribution in [0.5, 0.6) is 0 Å². The van der Waals surface area contributed by atoms with Gasteiger partial charge in [0.05, 0.1) is 18.2 Å². The van der Waals surface area contributed by atoms with E-state index in [1.807, 2.05) is 27.7 Å². The molecular formula is C22H36N2O4. The van der Waals surface area contributed by atoms with Crippen LogP contribution in [0, 0.1) is 22.7 Å². The predicted octanol–water partition coefficient (Wildman–Crippen LogP) is 2.22. The van der Waals surface area contributed by atoms with E-state index in [1.54, 1.807) is 32.1 Å². The van der Waals surface area contributed by atoms with Crippen LogP contribution in [0.3, 0.4) is 0 Å². The number of allylic oxidation sites excluding steroid dienone is 1. The molecule has 0 unspecified atom stereocenters. The molecule has 0 spiro atoms. The summed E-state index contributed by atoms with van der Waals surface area (Å²) in [7, 11) is 3.38. The highest BCUT2D eigenvalue weighted by Gasteiger charge is 2.59. The molecule has 1 aliphatic heterocycles. The zero-order chi connectivity index (χ0) is 21.4. The minimum atomic E-state index is -0.634. The Morgan fingerprint density at radius 1 is 1.36 bits per heavy atom. The van der Waals surface area contributed by atoms with Crippen molar-refractivity contribution in [2.24, 2.45) is 22.7 Å². The summed E-state index contributed by atoms with van der Waals surface area (Å²) in [4.78, 5) is 40.6. The van der Waals surface area contributed by atoms with Crippen molar-refractivity contribution in [1.29, 1.82) is 0 Å². The average Bonchev–Trinajstić information content (AvgIpc) is 3.21. The summed E-state index contributed by atoms with van der Waals surface area (Å²) >= 11 is 0. The van der Waals surface area contributed by atoms with Gasteiger partial charge in [0.2, 0.25) is 5.91 Å². The number of methoxy groups -OCH3 is 1. The zero-order valence-electron chi connectivity index (χ0n) is 18.4. The highest BCUT2D eigenvalue weighted by atomic mass is 16.5. The van der Waals surface area contributed by atoms with Crippen molar-refractivity contribution in [2.45, 2.75) is 65.6 Å². The summed E-state index contributed by atoms with van der Waals surface area (Å²) in [5.41, 5.74) is -0.927. The molecule has 2 aliphatic rings. The number of hydrogen-bond donors (Lipinski definition) is 1. The standard InChI is InChI=1S/C22H36N2O4/c1-9-15-10-22(15,14(3)25)11-16(26)18-13(2)17(28-8)12-24(18)20(27)19(23-7)21(4,5)6/h9,13,15,17-19,23H,1,10-12H2,2-8H3/t13-,15-,17+,18+,19-,22+/m1/s1. The molecule has 0 aromatic heterocycles.